The smallest absolute Gasteiger partial charge is 0.416 e. The van der Waals surface area contributed by atoms with E-state index in [2.05, 4.69) is 27.1 Å². The van der Waals surface area contributed by atoms with Gasteiger partial charge in [0.15, 0.2) is 0 Å². The molecule has 1 saturated carbocycles. The molecule has 8 heteroatoms. The number of likely N-dealkylation sites (tertiary alicyclic amines) is 1. The fourth-order valence-electron chi connectivity index (χ4n) is 4.62. The maximum atomic E-state index is 13.0. The summed E-state index contributed by atoms with van der Waals surface area (Å²) in [4.78, 5) is 5.69. The Morgan fingerprint density at radius 1 is 1.13 bits per heavy atom. The van der Waals surface area contributed by atoms with Gasteiger partial charge in [0.1, 0.15) is 17.0 Å². The minimum atomic E-state index is -4.51. The summed E-state index contributed by atoms with van der Waals surface area (Å²) < 4.78 is 39.0. The molecular formula is C22H23F3N4O. The minimum Gasteiger partial charge on any atom is -0.507 e. The van der Waals surface area contributed by atoms with E-state index in [0.29, 0.717) is 11.6 Å². The molecule has 3 heterocycles. The highest BCUT2D eigenvalue weighted by atomic mass is 19.4. The average Bonchev–Trinajstić information content (AvgIpc) is 3.44. The lowest BCUT2D eigenvalue weighted by atomic mass is 9.91. The number of hydrogen-bond donors (Lipinski definition) is 2. The molecule has 2 aromatic heterocycles. The van der Waals surface area contributed by atoms with Crippen molar-refractivity contribution in [2.75, 3.05) is 20.1 Å². The summed E-state index contributed by atoms with van der Waals surface area (Å²) in [6.45, 7) is 2.06. The molecule has 2 aliphatic rings. The number of aromatic amines is 1. The number of likely N-dealkylation sites (N-methyl/N-ethyl adjacent to an activating group) is 1. The van der Waals surface area contributed by atoms with Gasteiger partial charge in [-0.3, -0.25) is 0 Å². The predicted molar refractivity (Wildman–Crippen MR) is 107 cm³/mol. The quantitative estimate of drug-likeness (QED) is 0.628. The van der Waals surface area contributed by atoms with Crippen molar-refractivity contribution in [3.8, 4) is 17.0 Å². The monoisotopic (exact) mass is 416 g/mol. The maximum Gasteiger partial charge on any atom is 0.416 e. The topological polar surface area (TPSA) is 65.0 Å². The summed E-state index contributed by atoms with van der Waals surface area (Å²) in [5.41, 5.74) is 3.70. The molecule has 2 fully saturated rings. The lowest BCUT2D eigenvalue weighted by Gasteiger charge is -2.29. The van der Waals surface area contributed by atoms with Gasteiger partial charge in [-0.1, -0.05) is 0 Å². The molecule has 30 heavy (non-hydrogen) atoms. The van der Waals surface area contributed by atoms with E-state index in [-0.39, 0.29) is 11.5 Å². The van der Waals surface area contributed by atoms with Gasteiger partial charge >= 0.3 is 6.18 Å². The number of aromatic nitrogens is 3. The Bertz CT molecular complexity index is 1100. The van der Waals surface area contributed by atoms with E-state index in [1.165, 1.54) is 6.07 Å². The van der Waals surface area contributed by atoms with Crippen LogP contribution in [0.4, 0.5) is 13.2 Å². The van der Waals surface area contributed by atoms with Gasteiger partial charge in [0.05, 0.1) is 11.1 Å². The first-order valence-corrected chi connectivity index (χ1v) is 10.3. The summed E-state index contributed by atoms with van der Waals surface area (Å²) in [6.07, 6.45) is 1.72. The van der Waals surface area contributed by atoms with E-state index in [0.717, 1.165) is 73.1 Å². The third-order valence-corrected chi connectivity index (χ3v) is 6.29. The van der Waals surface area contributed by atoms with Gasteiger partial charge in [-0.25, -0.2) is 0 Å². The minimum absolute atomic E-state index is 0.278. The number of fused-ring (bicyclic) bond motifs is 1. The number of hydrogen-bond acceptors (Lipinski definition) is 4. The summed E-state index contributed by atoms with van der Waals surface area (Å²) in [5.74, 6) is 0.227. The number of benzene rings is 1. The molecular weight excluding hydrogens is 393 g/mol. The largest absolute Gasteiger partial charge is 0.507 e. The van der Waals surface area contributed by atoms with Crippen LogP contribution in [0.25, 0.3) is 22.3 Å². The molecule has 5 rings (SSSR count). The SMILES string of the molecule is CN1CCCC(c2c[nH]c3c(C4CC4)c(-c4ccc(C(F)(F)F)cc4O)nnc23)C1. The number of nitrogens with zero attached hydrogens (tertiary/aromatic N) is 3. The van der Waals surface area contributed by atoms with Crippen LogP contribution in [-0.4, -0.2) is 45.3 Å². The molecule has 5 nitrogen and oxygen atoms in total. The molecule has 1 aliphatic carbocycles. The Morgan fingerprint density at radius 2 is 1.93 bits per heavy atom. The number of alkyl halides is 3. The maximum absolute atomic E-state index is 13.0. The van der Waals surface area contributed by atoms with Crippen LogP contribution < -0.4 is 0 Å². The highest BCUT2D eigenvalue weighted by Crippen LogP contribution is 2.48. The molecule has 0 amide bonds. The zero-order valence-corrected chi connectivity index (χ0v) is 16.6. The number of H-pyrrole nitrogens is 1. The van der Waals surface area contributed by atoms with Gasteiger partial charge in [-0.15, -0.1) is 10.2 Å². The summed E-state index contributed by atoms with van der Waals surface area (Å²) >= 11 is 0. The highest BCUT2D eigenvalue weighted by Gasteiger charge is 2.34. The van der Waals surface area contributed by atoms with Crippen molar-refractivity contribution in [3.63, 3.8) is 0 Å². The summed E-state index contributed by atoms with van der Waals surface area (Å²) in [6, 6.07) is 3.03. The normalized spacial score (nSPS) is 20.7. The molecule has 0 bridgehead atoms. The van der Waals surface area contributed by atoms with Gasteiger partial charge in [-0.2, -0.15) is 13.2 Å². The Hall–Kier alpha value is -2.61. The van der Waals surface area contributed by atoms with Crippen LogP contribution in [0.2, 0.25) is 0 Å². The number of piperidine rings is 1. The van der Waals surface area contributed by atoms with Gasteiger partial charge in [0.25, 0.3) is 0 Å². The van der Waals surface area contributed by atoms with Crippen LogP contribution in [0.5, 0.6) is 5.75 Å². The van der Waals surface area contributed by atoms with Crippen LogP contribution in [0.1, 0.15) is 54.2 Å². The third-order valence-electron chi connectivity index (χ3n) is 6.29. The second-order valence-corrected chi connectivity index (χ2v) is 8.54. The van der Waals surface area contributed by atoms with Gasteiger partial charge < -0.3 is 15.0 Å². The van der Waals surface area contributed by atoms with Crippen molar-refractivity contribution >= 4 is 11.0 Å². The highest BCUT2D eigenvalue weighted by molar-refractivity contribution is 5.89. The number of phenolic OH excluding ortho intramolecular Hbond substituents is 1. The Kier molecular flexibility index (Phi) is 4.50. The van der Waals surface area contributed by atoms with Crippen molar-refractivity contribution in [1.82, 2.24) is 20.1 Å². The molecule has 3 aromatic rings. The number of halogens is 3. The summed E-state index contributed by atoms with van der Waals surface area (Å²) in [5, 5.41) is 19.2. The molecule has 158 valence electrons. The first-order valence-electron chi connectivity index (χ1n) is 10.3. The van der Waals surface area contributed by atoms with E-state index in [4.69, 9.17) is 0 Å². The number of aromatic hydroxyl groups is 1. The molecule has 0 radical (unpaired) electrons. The first kappa shape index (κ1) is 19.4. The van der Waals surface area contributed by atoms with Crippen molar-refractivity contribution < 1.29 is 18.3 Å². The lowest BCUT2D eigenvalue weighted by molar-refractivity contribution is -0.137. The summed E-state index contributed by atoms with van der Waals surface area (Å²) in [7, 11) is 2.12. The van der Waals surface area contributed by atoms with Crippen molar-refractivity contribution in [1.29, 1.82) is 0 Å². The molecule has 1 aliphatic heterocycles. The second-order valence-electron chi connectivity index (χ2n) is 8.54. The number of phenols is 1. The second kappa shape index (κ2) is 6.97. The van der Waals surface area contributed by atoms with E-state index in [1.54, 1.807) is 0 Å². The molecule has 0 spiro atoms. The fraction of sp³-hybridized carbons (Fsp3) is 0.455. The van der Waals surface area contributed by atoms with Crippen LogP contribution in [-0.2, 0) is 6.18 Å². The van der Waals surface area contributed by atoms with Crippen LogP contribution in [0, 0.1) is 0 Å². The van der Waals surface area contributed by atoms with E-state index < -0.39 is 17.5 Å². The van der Waals surface area contributed by atoms with Gasteiger partial charge in [0, 0.05) is 35.3 Å². The zero-order chi connectivity index (χ0) is 21.0. The Morgan fingerprint density at radius 3 is 2.60 bits per heavy atom. The number of nitrogens with one attached hydrogen (secondary N) is 1. The van der Waals surface area contributed by atoms with Gasteiger partial charge in [-0.05, 0) is 63.4 Å². The lowest BCUT2D eigenvalue weighted by Crippen LogP contribution is -2.30. The fourth-order valence-corrected chi connectivity index (χ4v) is 4.62. The zero-order valence-electron chi connectivity index (χ0n) is 16.6. The van der Waals surface area contributed by atoms with Crippen LogP contribution in [0.3, 0.4) is 0 Å². The van der Waals surface area contributed by atoms with E-state index >= 15 is 0 Å². The van der Waals surface area contributed by atoms with Crippen molar-refractivity contribution in [3.05, 3.63) is 41.1 Å². The predicted octanol–water partition coefficient (Wildman–Crippen LogP) is 5.04. The third kappa shape index (κ3) is 3.33. The number of rotatable bonds is 3. The Balaban J connectivity index is 1.61. The molecule has 1 saturated heterocycles. The van der Waals surface area contributed by atoms with E-state index in [9.17, 15) is 18.3 Å². The van der Waals surface area contributed by atoms with E-state index in [1.807, 2.05) is 6.20 Å². The molecule has 1 aromatic carbocycles. The van der Waals surface area contributed by atoms with Gasteiger partial charge in [0.2, 0.25) is 0 Å². The molecule has 1 unspecified atom stereocenters. The molecule has 2 N–H and O–H groups in total. The average molecular weight is 416 g/mol. The standard InChI is InChI=1S/C22H23F3N4O/c1-29-8-2-3-13(11-29)16-10-26-21-18(12-4-5-12)19(27-28-20(16)21)15-7-6-14(9-17(15)30)22(23,24)25/h6-7,9-10,12-13,26,30H,2-5,8,11H2,1H3. The van der Waals surface area contributed by atoms with Crippen LogP contribution in [0.15, 0.2) is 24.4 Å². The van der Waals surface area contributed by atoms with Crippen molar-refractivity contribution in [2.45, 2.75) is 43.7 Å². The van der Waals surface area contributed by atoms with Crippen LogP contribution >= 0.6 is 0 Å². The molecule has 1 atom stereocenters. The first-order chi connectivity index (χ1) is 14.3. The van der Waals surface area contributed by atoms with Crippen molar-refractivity contribution in [2.24, 2.45) is 0 Å². The Labute approximate surface area is 171 Å².